The second kappa shape index (κ2) is 6.27. The second-order valence-corrected chi connectivity index (χ2v) is 5.69. The van der Waals surface area contributed by atoms with Crippen LogP contribution in [-0.4, -0.2) is 58.7 Å². The smallest absolute Gasteiger partial charge is 0.347 e. The molecule has 1 saturated heterocycles. The van der Waals surface area contributed by atoms with Gasteiger partial charge in [-0.15, -0.1) is 0 Å². The first-order valence-corrected chi connectivity index (χ1v) is 7.46. The van der Waals surface area contributed by atoms with Gasteiger partial charge in [-0.1, -0.05) is 0 Å². The number of H-pyrrole nitrogens is 1. The number of rotatable bonds is 4. The van der Waals surface area contributed by atoms with Gasteiger partial charge >= 0.3 is 6.18 Å². The summed E-state index contributed by atoms with van der Waals surface area (Å²) in [7, 11) is 1.81. The van der Waals surface area contributed by atoms with Gasteiger partial charge in [-0.25, -0.2) is 15.0 Å². The van der Waals surface area contributed by atoms with E-state index in [1.165, 1.54) is 6.33 Å². The Kier molecular flexibility index (Phi) is 4.31. The Morgan fingerprint density at radius 1 is 1.50 bits per heavy atom. The van der Waals surface area contributed by atoms with Gasteiger partial charge in [0.2, 0.25) is 5.91 Å². The first kappa shape index (κ1) is 16.5. The maximum absolute atomic E-state index is 12.2. The maximum Gasteiger partial charge on any atom is 0.405 e. The van der Waals surface area contributed by atoms with Crippen LogP contribution < -0.4 is 10.3 Å². The maximum atomic E-state index is 12.2. The molecule has 1 amide bonds. The second-order valence-electron chi connectivity index (χ2n) is 5.69. The molecular weight excluding hydrogens is 325 g/mol. The highest BCUT2D eigenvalue weighted by molar-refractivity contribution is 5.87. The summed E-state index contributed by atoms with van der Waals surface area (Å²) in [6.45, 7) is -0.388. The van der Waals surface area contributed by atoms with Crippen LogP contribution in [0.15, 0.2) is 18.6 Å². The Bertz CT molecular complexity index is 731. The van der Waals surface area contributed by atoms with Gasteiger partial charge in [0.05, 0.1) is 11.3 Å². The summed E-state index contributed by atoms with van der Waals surface area (Å²) >= 11 is 0. The predicted molar refractivity (Wildman–Crippen MR) is 81.0 cm³/mol. The molecule has 7 nitrogen and oxygen atoms in total. The van der Waals surface area contributed by atoms with Crippen molar-refractivity contribution >= 4 is 22.8 Å². The molecule has 2 aromatic heterocycles. The Balaban J connectivity index is 1.65. The summed E-state index contributed by atoms with van der Waals surface area (Å²) in [6, 6.07) is 1.85. The van der Waals surface area contributed by atoms with Crippen LogP contribution in [0.4, 0.5) is 19.0 Å². The number of nitrogens with zero attached hydrogens (tertiary/aromatic N) is 4. The molecule has 3 rings (SSSR count). The number of hydrogen-bond donors (Lipinski definition) is 2. The summed E-state index contributed by atoms with van der Waals surface area (Å²) in [5.41, 5.74) is 0.700. The molecule has 24 heavy (non-hydrogen) atoms. The fourth-order valence-corrected chi connectivity index (χ4v) is 2.81. The van der Waals surface area contributed by atoms with Crippen molar-refractivity contribution in [2.45, 2.75) is 12.6 Å². The minimum Gasteiger partial charge on any atom is -0.347 e. The monoisotopic (exact) mass is 342 g/mol. The molecular formula is C14H17F3N6O. The molecule has 0 saturated carbocycles. The molecule has 10 heteroatoms. The van der Waals surface area contributed by atoms with Crippen molar-refractivity contribution in [1.82, 2.24) is 25.3 Å². The quantitative estimate of drug-likeness (QED) is 0.876. The molecule has 2 aromatic rings. The van der Waals surface area contributed by atoms with Gasteiger partial charge in [0.1, 0.15) is 18.5 Å². The molecule has 1 fully saturated rings. The van der Waals surface area contributed by atoms with E-state index in [1.54, 1.807) is 6.20 Å². The zero-order valence-electron chi connectivity index (χ0n) is 13.0. The first-order chi connectivity index (χ1) is 11.3. The van der Waals surface area contributed by atoms with E-state index in [9.17, 15) is 18.0 Å². The minimum atomic E-state index is -4.40. The van der Waals surface area contributed by atoms with Crippen molar-refractivity contribution in [3.8, 4) is 0 Å². The topological polar surface area (TPSA) is 77.2 Å². The van der Waals surface area contributed by atoms with Crippen LogP contribution in [0.25, 0.3) is 11.0 Å². The molecule has 0 bridgehead atoms. The zero-order chi connectivity index (χ0) is 17.3. The van der Waals surface area contributed by atoms with Gasteiger partial charge in [-0.05, 0) is 12.5 Å². The average Bonchev–Trinajstić information content (AvgIpc) is 3.19. The molecule has 0 aromatic carbocycles. The van der Waals surface area contributed by atoms with Crippen molar-refractivity contribution in [1.29, 1.82) is 0 Å². The van der Waals surface area contributed by atoms with Crippen LogP contribution in [0, 0.1) is 5.92 Å². The summed E-state index contributed by atoms with van der Waals surface area (Å²) in [6.07, 6.45) is -0.705. The SMILES string of the molecule is CN(c1ncnc2[nH]ccc12)N1CCC(C(=O)NCC(F)(F)F)C1. The lowest BCUT2D eigenvalue weighted by Gasteiger charge is -2.29. The number of hydrogen-bond acceptors (Lipinski definition) is 5. The Morgan fingerprint density at radius 3 is 3.04 bits per heavy atom. The van der Waals surface area contributed by atoms with Crippen LogP contribution in [0.1, 0.15) is 6.42 Å². The summed E-state index contributed by atoms with van der Waals surface area (Å²) in [5, 5.41) is 6.50. The number of anilines is 1. The third-order valence-electron chi connectivity index (χ3n) is 4.06. The minimum absolute atomic E-state index is 0.343. The van der Waals surface area contributed by atoms with Crippen molar-refractivity contribution in [3.05, 3.63) is 18.6 Å². The van der Waals surface area contributed by atoms with Crippen molar-refractivity contribution in [2.24, 2.45) is 5.92 Å². The average molecular weight is 342 g/mol. The van der Waals surface area contributed by atoms with Crippen LogP contribution >= 0.6 is 0 Å². The number of halogens is 3. The van der Waals surface area contributed by atoms with Crippen molar-refractivity contribution in [2.75, 3.05) is 31.7 Å². The zero-order valence-corrected chi connectivity index (χ0v) is 13.0. The number of aromatic amines is 1. The molecule has 1 unspecified atom stereocenters. The van der Waals surface area contributed by atoms with E-state index in [0.29, 0.717) is 31.0 Å². The van der Waals surface area contributed by atoms with E-state index in [0.717, 1.165) is 5.39 Å². The lowest BCUT2D eigenvalue weighted by Crippen LogP contribution is -2.42. The molecule has 1 aliphatic rings. The van der Waals surface area contributed by atoms with E-state index in [4.69, 9.17) is 0 Å². The van der Waals surface area contributed by atoms with Gasteiger partial charge in [-0.2, -0.15) is 13.2 Å². The number of nitrogens with one attached hydrogen (secondary N) is 2. The molecule has 2 N–H and O–H groups in total. The lowest BCUT2D eigenvalue weighted by molar-refractivity contribution is -0.140. The first-order valence-electron chi connectivity index (χ1n) is 7.46. The van der Waals surface area contributed by atoms with Crippen LogP contribution in [-0.2, 0) is 4.79 Å². The molecule has 3 heterocycles. The summed E-state index contributed by atoms with van der Waals surface area (Å²) in [5.74, 6) is -0.367. The van der Waals surface area contributed by atoms with E-state index >= 15 is 0 Å². The van der Waals surface area contributed by atoms with E-state index in [2.05, 4.69) is 15.0 Å². The Labute approximate surface area is 135 Å². The molecule has 0 aliphatic carbocycles. The van der Waals surface area contributed by atoms with Crippen molar-refractivity contribution in [3.63, 3.8) is 0 Å². The van der Waals surface area contributed by atoms with Gasteiger partial charge in [0.15, 0.2) is 5.82 Å². The summed E-state index contributed by atoms with van der Waals surface area (Å²) in [4.78, 5) is 23.3. The number of aromatic nitrogens is 3. The fourth-order valence-electron chi connectivity index (χ4n) is 2.81. The van der Waals surface area contributed by atoms with Crippen molar-refractivity contribution < 1.29 is 18.0 Å². The normalized spacial score (nSPS) is 18.9. The predicted octanol–water partition coefficient (Wildman–Crippen LogP) is 1.31. The van der Waals surface area contributed by atoms with E-state index < -0.39 is 24.5 Å². The molecule has 130 valence electrons. The number of carbonyl (C=O) groups excluding carboxylic acids is 1. The number of fused-ring (bicyclic) bond motifs is 1. The lowest BCUT2D eigenvalue weighted by atomic mass is 10.1. The number of hydrazine groups is 1. The third kappa shape index (κ3) is 3.42. The third-order valence-corrected chi connectivity index (χ3v) is 4.06. The van der Waals surface area contributed by atoms with Crippen LogP contribution in [0.3, 0.4) is 0 Å². The number of amides is 1. The van der Waals surface area contributed by atoms with E-state index in [1.807, 2.05) is 28.4 Å². The van der Waals surface area contributed by atoms with Gasteiger partial charge < -0.3 is 10.3 Å². The molecule has 0 radical (unpaired) electrons. The fraction of sp³-hybridized carbons (Fsp3) is 0.500. The van der Waals surface area contributed by atoms with Gasteiger partial charge in [-0.3, -0.25) is 9.80 Å². The van der Waals surface area contributed by atoms with Crippen LogP contribution in [0.2, 0.25) is 0 Å². The number of carbonyl (C=O) groups is 1. The largest absolute Gasteiger partial charge is 0.405 e. The Hall–Kier alpha value is -2.36. The highest BCUT2D eigenvalue weighted by Crippen LogP contribution is 2.26. The van der Waals surface area contributed by atoms with Crippen LogP contribution in [0.5, 0.6) is 0 Å². The highest BCUT2D eigenvalue weighted by Gasteiger charge is 2.34. The Morgan fingerprint density at radius 2 is 2.29 bits per heavy atom. The molecule has 1 atom stereocenters. The highest BCUT2D eigenvalue weighted by atomic mass is 19.4. The van der Waals surface area contributed by atoms with Gasteiger partial charge in [0.25, 0.3) is 0 Å². The number of alkyl halides is 3. The van der Waals surface area contributed by atoms with Gasteiger partial charge in [0, 0.05) is 26.3 Å². The summed E-state index contributed by atoms with van der Waals surface area (Å²) < 4.78 is 36.6. The standard InChI is InChI=1S/C14H17F3N6O/c1-22(12-10-2-4-18-11(10)20-8-21-12)23-5-3-9(6-23)13(24)19-7-14(15,16)17/h2,4,8-9H,3,5-7H2,1H3,(H,19,24)(H,18,20,21). The molecule has 1 aliphatic heterocycles. The molecule has 0 spiro atoms. The van der Waals surface area contributed by atoms with E-state index in [-0.39, 0.29) is 0 Å².